The normalized spacial score (nSPS) is 9.80. The Bertz CT molecular complexity index is 242. The van der Waals surface area contributed by atoms with Crippen molar-refractivity contribution in [3.8, 4) is 0 Å². The van der Waals surface area contributed by atoms with E-state index < -0.39 is 0 Å². The van der Waals surface area contributed by atoms with Crippen LogP contribution in [0.25, 0.3) is 5.57 Å². The van der Waals surface area contributed by atoms with Crippen molar-refractivity contribution in [2.75, 3.05) is 5.33 Å². The average molecular weight is 218 g/mol. The quantitative estimate of drug-likeness (QED) is 0.695. The van der Waals surface area contributed by atoms with Crippen LogP contribution < -0.4 is 0 Å². The monoisotopic (exact) mass is 217 g/mol. The number of nitrogens with zero attached hydrogens (tertiary/aromatic N) is 1. The van der Waals surface area contributed by atoms with Gasteiger partial charge in [-0.05, 0) is 12.5 Å². The summed E-state index contributed by atoms with van der Waals surface area (Å²) in [5, 5.41) is 0.829. The van der Waals surface area contributed by atoms with Crippen LogP contribution in [-0.4, -0.2) is 10.3 Å². The molecule has 1 nitrogen and oxygen atoms in total. The van der Waals surface area contributed by atoms with E-state index in [4.69, 9.17) is 0 Å². The fourth-order valence-corrected chi connectivity index (χ4v) is 1.95. The van der Waals surface area contributed by atoms with E-state index in [9.17, 15) is 0 Å². The van der Waals surface area contributed by atoms with Crippen molar-refractivity contribution in [3.63, 3.8) is 0 Å². The van der Waals surface area contributed by atoms with Crippen molar-refractivity contribution in [1.29, 1.82) is 0 Å². The minimum atomic E-state index is 0.829. The molecule has 1 heterocycles. The fourth-order valence-electron chi connectivity index (χ4n) is 0.702. The molecule has 0 spiro atoms. The van der Waals surface area contributed by atoms with Gasteiger partial charge >= 0.3 is 0 Å². The Balaban J connectivity index is 2.93. The first kappa shape index (κ1) is 7.95. The second kappa shape index (κ2) is 3.30. The van der Waals surface area contributed by atoms with Crippen LogP contribution in [0.4, 0.5) is 0 Å². The van der Waals surface area contributed by atoms with E-state index in [1.165, 1.54) is 4.88 Å². The number of hydrogen-bond donors (Lipinski definition) is 0. The largest absolute Gasteiger partial charge is 0.249 e. The lowest BCUT2D eigenvalue weighted by Gasteiger charge is -1.95. The molecular weight excluding hydrogens is 210 g/mol. The third kappa shape index (κ3) is 1.47. The molecule has 1 rings (SSSR count). The Kier molecular flexibility index (Phi) is 2.63. The van der Waals surface area contributed by atoms with Crippen LogP contribution in [0, 0.1) is 6.92 Å². The molecule has 0 aromatic carbocycles. The van der Waals surface area contributed by atoms with E-state index in [0.29, 0.717) is 0 Å². The van der Waals surface area contributed by atoms with Gasteiger partial charge in [-0.2, -0.15) is 0 Å². The molecule has 0 unspecified atom stereocenters. The highest BCUT2D eigenvalue weighted by atomic mass is 79.9. The second-order valence-electron chi connectivity index (χ2n) is 2.00. The minimum Gasteiger partial charge on any atom is -0.249 e. The molecule has 0 saturated carbocycles. The van der Waals surface area contributed by atoms with E-state index in [0.717, 1.165) is 16.6 Å². The van der Waals surface area contributed by atoms with E-state index in [1.54, 1.807) is 11.3 Å². The summed E-state index contributed by atoms with van der Waals surface area (Å²) < 4.78 is 0. The fraction of sp³-hybridized carbons (Fsp3) is 0.286. The summed E-state index contributed by atoms with van der Waals surface area (Å²) in [6.07, 6.45) is 0. The Labute approximate surface area is 72.9 Å². The smallest absolute Gasteiger partial charge is 0.0801 e. The molecule has 0 aliphatic rings. The van der Waals surface area contributed by atoms with Crippen LogP contribution in [0.15, 0.2) is 12.1 Å². The van der Waals surface area contributed by atoms with Gasteiger partial charge in [-0.25, -0.2) is 4.98 Å². The minimum absolute atomic E-state index is 0.829. The zero-order valence-corrected chi connectivity index (χ0v) is 8.13. The van der Waals surface area contributed by atoms with Gasteiger partial charge in [-0.15, -0.1) is 11.3 Å². The third-order valence-electron chi connectivity index (χ3n) is 1.23. The number of allylic oxidation sites excluding steroid dienone is 1. The molecular formula is C7H8BrNS. The van der Waals surface area contributed by atoms with Crippen LogP contribution >= 0.6 is 27.3 Å². The lowest BCUT2D eigenvalue weighted by atomic mass is 10.2. The molecule has 3 heteroatoms. The Morgan fingerprint density at radius 3 is 3.00 bits per heavy atom. The molecule has 0 amide bonds. The maximum atomic E-state index is 4.12. The Hall–Kier alpha value is -0.150. The molecule has 0 bridgehead atoms. The maximum Gasteiger partial charge on any atom is 0.0801 e. The third-order valence-corrected chi connectivity index (χ3v) is 2.94. The molecule has 0 fully saturated rings. The molecule has 1 aromatic heterocycles. The zero-order chi connectivity index (χ0) is 7.56. The number of alkyl halides is 1. The van der Waals surface area contributed by atoms with Crippen molar-refractivity contribution in [2.45, 2.75) is 6.92 Å². The summed E-state index contributed by atoms with van der Waals surface area (Å²) in [7, 11) is 0. The zero-order valence-electron chi connectivity index (χ0n) is 5.72. The first-order valence-corrected chi connectivity index (χ1v) is 4.90. The highest BCUT2D eigenvalue weighted by molar-refractivity contribution is 9.09. The van der Waals surface area contributed by atoms with Gasteiger partial charge in [-0.1, -0.05) is 22.5 Å². The second-order valence-corrected chi connectivity index (χ2v) is 3.42. The summed E-state index contributed by atoms with van der Waals surface area (Å²) in [6.45, 7) is 5.90. The highest BCUT2D eigenvalue weighted by Crippen LogP contribution is 2.22. The van der Waals surface area contributed by atoms with Crippen LogP contribution in [0.5, 0.6) is 0 Å². The summed E-state index contributed by atoms with van der Waals surface area (Å²) in [5.74, 6) is 0. The first-order valence-electron chi connectivity index (χ1n) is 2.90. The van der Waals surface area contributed by atoms with Gasteiger partial charge in [0.05, 0.1) is 16.1 Å². The summed E-state index contributed by atoms with van der Waals surface area (Å²) >= 11 is 4.99. The molecule has 54 valence electrons. The molecule has 0 saturated heterocycles. The van der Waals surface area contributed by atoms with Crippen molar-refractivity contribution >= 4 is 32.8 Å². The number of aryl methyl sites for hydroxylation is 1. The van der Waals surface area contributed by atoms with Crippen LogP contribution in [0.3, 0.4) is 0 Å². The number of rotatable bonds is 2. The van der Waals surface area contributed by atoms with Gasteiger partial charge in [0.25, 0.3) is 0 Å². The molecule has 0 atom stereocenters. The number of aromatic nitrogens is 1. The van der Waals surface area contributed by atoms with Gasteiger partial charge in [0, 0.05) is 5.33 Å². The SMILES string of the molecule is C=C(CBr)c1scnc1C. The Morgan fingerprint density at radius 2 is 2.60 bits per heavy atom. The molecule has 0 aliphatic carbocycles. The lowest BCUT2D eigenvalue weighted by Crippen LogP contribution is -1.81. The molecule has 1 aromatic rings. The summed E-state index contributed by atoms with van der Waals surface area (Å²) in [6, 6.07) is 0. The molecule has 0 N–H and O–H groups in total. The summed E-state index contributed by atoms with van der Waals surface area (Å²) in [4.78, 5) is 5.33. The van der Waals surface area contributed by atoms with Gasteiger partial charge in [0.15, 0.2) is 0 Å². The van der Waals surface area contributed by atoms with Gasteiger partial charge in [0.1, 0.15) is 0 Å². The predicted octanol–water partition coefficient (Wildman–Crippen LogP) is 2.86. The number of halogens is 1. The van der Waals surface area contributed by atoms with Crippen molar-refractivity contribution in [3.05, 3.63) is 22.7 Å². The first-order chi connectivity index (χ1) is 4.75. The predicted molar refractivity (Wildman–Crippen MR) is 49.7 cm³/mol. The molecule has 0 aliphatic heterocycles. The topological polar surface area (TPSA) is 12.9 Å². The highest BCUT2D eigenvalue weighted by Gasteiger charge is 2.02. The van der Waals surface area contributed by atoms with Gasteiger partial charge in [-0.3, -0.25) is 0 Å². The van der Waals surface area contributed by atoms with Crippen molar-refractivity contribution in [1.82, 2.24) is 4.98 Å². The summed E-state index contributed by atoms with van der Waals surface area (Å²) in [5.41, 5.74) is 4.04. The van der Waals surface area contributed by atoms with Gasteiger partial charge < -0.3 is 0 Å². The lowest BCUT2D eigenvalue weighted by molar-refractivity contribution is 1.25. The van der Waals surface area contributed by atoms with Crippen molar-refractivity contribution in [2.24, 2.45) is 0 Å². The van der Waals surface area contributed by atoms with Crippen LogP contribution in [0.2, 0.25) is 0 Å². The van der Waals surface area contributed by atoms with Crippen LogP contribution in [0.1, 0.15) is 10.6 Å². The standard InChI is InChI=1S/C7H8BrNS/c1-5(3-8)7-6(2)9-4-10-7/h4H,1,3H2,2H3. The average Bonchev–Trinajstić information content (AvgIpc) is 2.34. The van der Waals surface area contributed by atoms with E-state index in [1.807, 2.05) is 12.4 Å². The van der Waals surface area contributed by atoms with E-state index >= 15 is 0 Å². The van der Waals surface area contributed by atoms with Crippen molar-refractivity contribution < 1.29 is 0 Å². The van der Waals surface area contributed by atoms with E-state index in [2.05, 4.69) is 27.5 Å². The number of thiazole rings is 1. The number of hydrogen-bond acceptors (Lipinski definition) is 2. The van der Waals surface area contributed by atoms with E-state index in [-0.39, 0.29) is 0 Å². The molecule has 10 heavy (non-hydrogen) atoms. The maximum absolute atomic E-state index is 4.12. The van der Waals surface area contributed by atoms with Gasteiger partial charge in [0.2, 0.25) is 0 Å². The molecule has 0 radical (unpaired) electrons. The van der Waals surface area contributed by atoms with Crippen LogP contribution in [-0.2, 0) is 0 Å². The Morgan fingerprint density at radius 1 is 1.90 bits per heavy atom.